The van der Waals surface area contributed by atoms with Crippen molar-refractivity contribution in [2.45, 2.75) is 26.9 Å². The molecule has 0 aliphatic rings. The third kappa shape index (κ3) is 5.51. The van der Waals surface area contributed by atoms with Crippen LogP contribution in [0.2, 0.25) is 5.02 Å². The van der Waals surface area contributed by atoms with Gasteiger partial charge in [-0.05, 0) is 43.3 Å². The lowest BCUT2D eigenvalue weighted by Crippen LogP contribution is -2.24. The fourth-order valence-corrected chi connectivity index (χ4v) is 2.84. The van der Waals surface area contributed by atoms with Gasteiger partial charge in [0.2, 0.25) is 11.7 Å². The van der Waals surface area contributed by atoms with Crippen LogP contribution >= 0.6 is 11.6 Å². The maximum atomic E-state index is 12.6. The van der Waals surface area contributed by atoms with Crippen molar-refractivity contribution in [3.8, 4) is 11.5 Å². The molecule has 0 radical (unpaired) electrons. The zero-order chi connectivity index (χ0) is 22.4. The summed E-state index contributed by atoms with van der Waals surface area (Å²) in [5.74, 6) is -0.809. The Morgan fingerprint density at radius 3 is 2.10 bits per heavy atom. The van der Waals surface area contributed by atoms with Gasteiger partial charge in [0.1, 0.15) is 0 Å². The molecule has 0 heterocycles. The van der Waals surface area contributed by atoms with Crippen molar-refractivity contribution in [1.29, 1.82) is 0 Å². The highest BCUT2D eigenvalue weighted by molar-refractivity contribution is 6.32. The van der Waals surface area contributed by atoms with Crippen LogP contribution in [0.3, 0.4) is 0 Å². The smallest absolute Gasteiger partial charge is 0.339 e. The van der Waals surface area contributed by atoms with E-state index in [0.29, 0.717) is 17.0 Å². The molecule has 0 aromatic heterocycles. The third-order valence-electron chi connectivity index (χ3n) is 4.28. The molecule has 0 aliphatic heterocycles. The molecule has 1 N–H and O–H groups in total. The zero-order valence-electron chi connectivity index (χ0n) is 17.4. The Hall–Kier alpha value is -3.06. The predicted octanol–water partition coefficient (Wildman–Crippen LogP) is 4.38. The molecule has 8 heteroatoms. The maximum absolute atomic E-state index is 12.6. The molecule has 1 unspecified atom stereocenters. The number of methoxy groups -OCH3 is 2. The Bertz CT molecular complexity index is 939. The molecular weight excluding hydrogens is 410 g/mol. The Labute approximate surface area is 180 Å². The lowest BCUT2D eigenvalue weighted by molar-refractivity contribution is -0.118. The minimum Gasteiger partial charge on any atom is -0.493 e. The van der Waals surface area contributed by atoms with E-state index < -0.39 is 12.1 Å². The summed E-state index contributed by atoms with van der Waals surface area (Å²) in [7, 11) is 2.85. The number of esters is 1. The first-order valence-corrected chi connectivity index (χ1v) is 9.63. The largest absolute Gasteiger partial charge is 0.493 e. The van der Waals surface area contributed by atoms with Gasteiger partial charge in [-0.15, -0.1) is 0 Å². The molecule has 160 valence electrons. The summed E-state index contributed by atoms with van der Waals surface area (Å²) in [6.07, 6.45) is -1.03. The fraction of sp³-hybridized carbons (Fsp3) is 0.318. The standard InChI is InChI=1S/C22H24ClNO6/c1-12(2)21(26)24-16-8-6-14(7-9-16)19(25)13(3)30-22(27)15-10-17(23)20(29-5)18(11-15)28-4/h6-13H,1-5H3,(H,24,26). The first-order valence-electron chi connectivity index (χ1n) is 9.25. The molecule has 2 aromatic carbocycles. The van der Waals surface area contributed by atoms with Crippen LogP contribution in [0.4, 0.5) is 5.69 Å². The van der Waals surface area contributed by atoms with E-state index in [1.54, 1.807) is 38.1 Å². The Morgan fingerprint density at radius 1 is 0.933 bits per heavy atom. The average molecular weight is 434 g/mol. The Balaban J connectivity index is 2.09. The second kappa shape index (κ2) is 10.1. The van der Waals surface area contributed by atoms with E-state index in [9.17, 15) is 14.4 Å². The van der Waals surface area contributed by atoms with Crippen LogP contribution in [0.1, 0.15) is 41.5 Å². The van der Waals surface area contributed by atoms with E-state index in [1.165, 1.54) is 33.3 Å². The number of ether oxygens (including phenoxy) is 3. The van der Waals surface area contributed by atoms with Gasteiger partial charge in [0, 0.05) is 17.2 Å². The van der Waals surface area contributed by atoms with Crippen molar-refractivity contribution < 1.29 is 28.6 Å². The summed E-state index contributed by atoms with van der Waals surface area (Å²) in [5.41, 5.74) is 1.06. The van der Waals surface area contributed by atoms with Crippen LogP contribution in [0.15, 0.2) is 36.4 Å². The minimum atomic E-state index is -1.03. The number of hydrogen-bond acceptors (Lipinski definition) is 6. The van der Waals surface area contributed by atoms with E-state index in [-0.39, 0.29) is 33.9 Å². The van der Waals surface area contributed by atoms with Crippen molar-refractivity contribution in [3.05, 3.63) is 52.5 Å². The van der Waals surface area contributed by atoms with Gasteiger partial charge >= 0.3 is 5.97 Å². The lowest BCUT2D eigenvalue weighted by atomic mass is 10.1. The number of amides is 1. The monoisotopic (exact) mass is 433 g/mol. The molecule has 0 spiro atoms. The quantitative estimate of drug-likeness (QED) is 0.490. The van der Waals surface area contributed by atoms with Crippen molar-refractivity contribution >= 4 is 34.9 Å². The summed E-state index contributed by atoms with van der Waals surface area (Å²) < 4.78 is 15.6. The van der Waals surface area contributed by atoms with E-state index >= 15 is 0 Å². The molecule has 2 rings (SSSR count). The van der Waals surface area contributed by atoms with Crippen LogP contribution < -0.4 is 14.8 Å². The van der Waals surface area contributed by atoms with Gasteiger partial charge in [0.15, 0.2) is 17.6 Å². The second-order valence-electron chi connectivity index (χ2n) is 6.83. The van der Waals surface area contributed by atoms with Crippen molar-refractivity contribution in [2.75, 3.05) is 19.5 Å². The molecule has 0 aliphatic carbocycles. The highest BCUT2D eigenvalue weighted by Gasteiger charge is 2.22. The molecule has 7 nitrogen and oxygen atoms in total. The molecule has 30 heavy (non-hydrogen) atoms. The molecular formula is C22H24ClNO6. The van der Waals surface area contributed by atoms with Gasteiger partial charge in [-0.3, -0.25) is 9.59 Å². The van der Waals surface area contributed by atoms with E-state index in [2.05, 4.69) is 5.32 Å². The van der Waals surface area contributed by atoms with Gasteiger partial charge < -0.3 is 19.5 Å². The molecule has 1 amide bonds. The first kappa shape index (κ1) is 23.2. The van der Waals surface area contributed by atoms with Crippen LogP contribution in [-0.2, 0) is 9.53 Å². The molecule has 0 fully saturated rings. The summed E-state index contributed by atoms with van der Waals surface area (Å²) in [6.45, 7) is 5.06. The maximum Gasteiger partial charge on any atom is 0.339 e. The van der Waals surface area contributed by atoms with E-state index in [1.807, 2.05) is 0 Å². The summed E-state index contributed by atoms with van der Waals surface area (Å²) >= 11 is 6.11. The van der Waals surface area contributed by atoms with Gasteiger partial charge in [-0.25, -0.2) is 4.79 Å². The molecule has 2 aromatic rings. The molecule has 0 saturated carbocycles. The van der Waals surface area contributed by atoms with Crippen molar-refractivity contribution in [2.24, 2.45) is 5.92 Å². The van der Waals surface area contributed by atoms with Crippen molar-refractivity contribution in [3.63, 3.8) is 0 Å². The number of carbonyl (C=O) groups is 3. The van der Waals surface area contributed by atoms with Crippen LogP contribution in [-0.4, -0.2) is 38.0 Å². The highest BCUT2D eigenvalue weighted by atomic mass is 35.5. The average Bonchev–Trinajstić information content (AvgIpc) is 2.72. The normalized spacial score (nSPS) is 11.6. The number of nitrogens with one attached hydrogen (secondary N) is 1. The molecule has 0 bridgehead atoms. The topological polar surface area (TPSA) is 90.9 Å². The number of benzene rings is 2. The summed E-state index contributed by atoms with van der Waals surface area (Å²) in [5, 5.41) is 2.93. The number of carbonyl (C=O) groups excluding carboxylic acids is 3. The molecule has 1 atom stereocenters. The Kier molecular flexibility index (Phi) is 7.83. The highest BCUT2D eigenvalue weighted by Crippen LogP contribution is 2.36. The minimum absolute atomic E-state index is 0.120. The van der Waals surface area contributed by atoms with Gasteiger partial charge in [-0.1, -0.05) is 25.4 Å². The van der Waals surface area contributed by atoms with Crippen molar-refractivity contribution in [1.82, 2.24) is 0 Å². The molecule has 0 saturated heterocycles. The van der Waals surface area contributed by atoms with Gasteiger partial charge in [0.05, 0.1) is 24.8 Å². The first-order chi connectivity index (χ1) is 14.2. The summed E-state index contributed by atoms with van der Waals surface area (Å²) in [4.78, 5) is 36.8. The number of halogens is 1. The number of Topliss-reactive ketones (excluding diaryl/α,β-unsaturated/α-hetero) is 1. The third-order valence-corrected chi connectivity index (χ3v) is 4.56. The number of ketones is 1. The number of anilines is 1. The van der Waals surface area contributed by atoms with Crippen LogP contribution in [0, 0.1) is 5.92 Å². The lowest BCUT2D eigenvalue weighted by Gasteiger charge is -2.15. The van der Waals surface area contributed by atoms with Crippen LogP contribution in [0.5, 0.6) is 11.5 Å². The summed E-state index contributed by atoms with van der Waals surface area (Å²) in [6, 6.07) is 9.18. The fourth-order valence-electron chi connectivity index (χ4n) is 2.56. The van der Waals surface area contributed by atoms with E-state index in [0.717, 1.165) is 0 Å². The number of hydrogen-bond donors (Lipinski definition) is 1. The van der Waals surface area contributed by atoms with E-state index in [4.69, 9.17) is 25.8 Å². The van der Waals surface area contributed by atoms with Gasteiger partial charge in [0.25, 0.3) is 0 Å². The van der Waals surface area contributed by atoms with Gasteiger partial charge in [-0.2, -0.15) is 0 Å². The number of rotatable bonds is 8. The SMILES string of the molecule is COc1cc(C(=O)OC(C)C(=O)c2ccc(NC(=O)C(C)C)cc2)cc(Cl)c1OC. The van der Waals surface area contributed by atoms with Crippen LogP contribution in [0.25, 0.3) is 0 Å². The zero-order valence-corrected chi connectivity index (χ0v) is 18.2. The predicted molar refractivity (Wildman–Crippen MR) is 114 cm³/mol. The second-order valence-corrected chi connectivity index (χ2v) is 7.23. The Morgan fingerprint density at radius 2 is 1.57 bits per heavy atom.